The second kappa shape index (κ2) is 5.96. The standard InChI is InChI=1S/C13H14N4O3/c1-16-9-8-15-12(13(16)18)14-7-6-10-2-4-11(5-3-10)17(19)20/h2-5,8-9H,6-7H2,1H3,(H,14,15). The van der Waals surface area contributed by atoms with Crippen LogP contribution in [0.2, 0.25) is 0 Å². The summed E-state index contributed by atoms with van der Waals surface area (Å²) in [6, 6.07) is 6.34. The molecule has 1 aromatic heterocycles. The third-order valence-corrected chi connectivity index (χ3v) is 2.87. The highest BCUT2D eigenvalue weighted by atomic mass is 16.6. The van der Waals surface area contributed by atoms with Gasteiger partial charge in [0.15, 0.2) is 5.82 Å². The summed E-state index contributed by atoms with van der Waals surface area (Å²) in [6.07, 6.45) is 3.79. The summed E-state index contributed by atoms with van der Waals surface area (Å²) in [4.78, 5) is 25.8. The van der Waals surface area contributed by atoms with E-state index in [-0.39, 0.29) is 11.2 Å². The molecule has 0 bridgehead atoms. The van der Waals surface area contributed by atoms with Gasteiger partial charge in [-0.05, 0) is 12.0 Å². The van der Waals surface area contributed by atoms with E-state index in [0.717, 1.165) is 5.56 Å². The Labute approximate surface area is 115 Å². The summed E-state index contributed by atoms with van der Waals surface area (Å²) in [5, 5.41) is 13.5. The fourth-order valence-electron chi connectivity index (χ4n) is 1.73. The Kier molecular flexibility index (Phi) is 4.09. The minimum Gasteiger partial charge on any atom is -0.365 e. The maximum atomic E-state index is 11.7. The van der Waals surface area contributed by atoms with Gasteiger partial charge in [-0.3, -0.25) is 14.9 Å². The Balaban J connectivity index is 1.94. The van der Waals surface area contributed by atoms with Crippen LogP contribution in [-0.4, -0.2) is 21.0 Å². The van der Waals surface area contributed by atoms with Gasteiger partial charge in [-0.1, -0.05) is 12.1 Å². The second-order valence-electron chi connectivity index (χ2n) is 4.29. The van der Waals surface area contributed by atoms with Gasteiger partial charge in [0.05, 0.1) is 4.92 Å². The number of nitrogens with one attached hydrogen (secondary N) is 1. The smallest absolute Gasteiger partial charge is 0.293 e. The molecule has 1 N–H and O–H groups in total. The molecule has 2 aromatic rings. The Bertz CT molecular complexity index is 664. The van der Waals surface area contributed by atoms with E-state index in [9.17, 15) is 14.9 Å². The molecule has 0 saturated carbocycles. The summed E-state index contributed by atoms with van der Waals surface area (Å²) >= 11 is 0. The summed E-state index contributed by atoms with van der Waals surface area (Å²) < 4.78 is 1.45. The molecule has 1 heterocycles. The lowest BCUT2D eigenvalue weighted by atomic mass is 10.1. The van der Waals surface area contributed by atoms with Gasteiger partial charge in [0, 0.05) is 38.1 Å². The SMILES string of the molecule is Cn1ccnc(NCCc2ccc([N+](=O)[O-])cc2)c1=O. The average Bonchev–Trinajstić information content (AvgIpc) is 2.44. The maximum Gasteiger partial charge on any atom is 0.293 e. The van der Waals surface area contributed by atoms with E-state index in [4.69, 9.17) is 0 Å². The Morgan fingerprint density at radius 1 is 1.35 bits per heavy atom. The van der Waals surface area contributed by atoms with Gasteiger partial charge in [-0.15, -0.1) is 0 Å². The van der Waals surface area contributed by atoms with Crippen LogP contribution < -0.4 is 10.9 Å². The highest BCUT2D eigenvalue weighted by molar-refractivity contribution is 5.34. The summed E-state index contributed by atoms with van der Waals surface area (Å²) in [5.41, 5.74) is 0.840. The molecule has 0 amide bonds. The second-order valence-corrected chi connectivity index (χ2v) is 4.29. The lowest BCUT2D eigenvalue weighted by molar-refractivity contribution is -0.384. The molecule has 0 spiro atoms. The highest BCUT2D eigenvalue weighted by Crippen LogP contribution is 2.12. The van der Waals surface area contributed by atoms with E-state index in [2.05, 4.69) is 10.3 Å². The number of hydrogen-bond donors (Lipinski definition) is 1. The zero-order valence-electron chi connectivity index (χ0n) is 10.9. The number of non-ortho nitro benzene ring substituents is 1. The van der Waals surface area contributed by atoms with Crippen molar-refractivity contribution >= 4 is 11.5 Å². The van der Waals surface area contributed by atoms with Crippen LogP contribution in [0.25, 0.3) is 0 Å². The van der Waals surface area contributed by atoms with Crippen LogP contribution in [0.5, 0.6) is 0 Å². The van der Waals surface area contributed by atoms with Gasteiger partial charge in [0.25, 0.3) is 11.2 Å². The molecule has 0 fully saturated rings. The number of nitro benzene ring substituents is 1. The molecule has 0 unspecified atom stereocenters. The molecule has 7 heteroatoms. The maximum absolute atomic E-state index is 11.7. The minimum absolute atomic E-state index is 0.0697. The number of anilines is 1. The van der Waals surface area contributed by atoms with E-state index < -0.39 is 4.92 Å². The zero-order chi connectivity index (χ0) is 14.5. The topological polar surface area (TPSA) is 90.1 Å². The van der Waals surface area contributed by atoms with E-state index >= 15 is 0 Å². The summed E-state index contributed by atoms with van der Waals surface area (Å²) in [5.74, 6) is 0.303. The third-order valence-electron chi connectivity index (χ3n) is 2.87. The first kappa shape index (κ1) is 13.7. The van der Waals surface area contributed by atoms with E-state index in [1.807, 2.05) is 0 Å². The molecule has 7 nitrogen and oxygen atoms in total. The largest absolute Gasteiger partial charge is 0.365 e. The van der Waals surface area contributed by atoms with Crippen LogP contribution in [-0.2, 0) is 13.5 Å². The molecule has 0 aliphatic rings. The molecule has 1 aromatic carbocycles. The Morgan fingerprint density at radius 2 is 2.05 bits per heavy atom. The molecule has 104 valence electrons. The summed E-state index contributed by atoms with van der Waals surface area (Å²) in [7, 11) is 1.66. The molecule has 0 radical (unpaired) electrons. The molecular formula is C13H14N4O3. The van der Waals surface area contributed by atoms with Gasteiger partial charge in [0.1, 0.15) is 0 Å². The number of benzene rings is 1. The van der Waals surface area contributed by atoms with Crippen LogP contribution in [0.1, 0.15) is 5.56 Å². The third kappa shape index (κ3) is 3.19. The Morgan fingerprint density at radius 3 is 2.70 bits per heavy atom. The van der Waals surface area contributed by atoms with Gasteiger partial charge in [0.2, 0.25) is 0 Å². The molecular weight excluding hydrogens is 260 g/mol. The zero-order valence-corrected chi connectivity index (χ0v) is 10.9. The number of nitro groups is 1. The van der Waals surface area contributed by atoms with Crippen molar-refractivity contribution in [2.75, 3.05) is 11.9 Å². The predicted molar refractivity (Wildman–Crippen MR) is 74.8 cm³/mol. The van der Waals surface area contributed by atoms with Crippen LogP contribution in [0, 0.1) is 10.1 Å². The normalized spacial score (nSPS) is 10.2. The van der Waals surface area contributed by atoms with Crippen LogP contribution >= 0.6 is 0 Å². The number of nitrogens with zero attached hydrogens (tertiary/aromatic N) is 3. The molecule has 0 aliphatic carbocycles. The van der Waals surface area contributed by atoms with Crippen LogP contribution in [0.15, 0.2) is 41.5 Å². The number of aromatic nitrogens is 2. The van der Waals surface area contributed by atoms with Gasteiger partial charge in [-0.25, -0.2) is 4.98 Å². The van der Waals surface area contributed by atoms with Gasteiger partial charge < -0.3 is 9.88 Å². The fraction of sp³-hybridized carbons (Fsp3) is 0.231. The first-order valence-corrected chi connectivity index (χ1v) is 6.07. The van der Waals surface area contributed by atoms with Crippen molar-refractivity contribution in [3.63, 3.8) is 0 Å². The van der Waals surface area contributed by atoms with Crippen molar-refractivity contribution in [2.45, 2.75) is 6.42 Å². The summed E-state index contributed by atoms with van der Waals surface area (Å²) in [6.45, 7) is 0.532. The van der Waals surface area contributed by atoms with Crippen LogP contribution in [0.3, 0.4) is 0 Å². The van der Waals surface area contributed by atoms with E-state index in [1.165, 1.54) is 16.7 Å². The number of hydrogen-bond acceptors (Lipinski definition) is 5. The number of rotatable bonds is 5. The monoisotopic (exact) mass is 274 g/mol. The van der Waals surface area contributed by atoms with Crippen LogP contribution in [0.4, 0.5) is 11.5 Å². The van der Waals surface area contributed by atoms with E-state index in [1.54, 1.807) is 31.6 Å². The molecule has 20 heavy (non-hydrogen) atoms. The van der Waals surface area contributed by atoms with Gasteiger partial charge >= 0.3 is 0 Å². The minimum atomic E-state index is -0.431. The lowest BCUT2D eigenvalue weighted by Crippen LogP contribution is -2.22. The first-order valence-electron chi connectivity index (χ1n) is 6.07. The molecule has 2 rings (SSSR count). The van der Waals surface area contributed by atoms with Crippen molar-refractivity contribution in [3.8, 4) is 0 Å². The van der Waals surface area contributed by atoms with Gasteiger partial charge in [-0.2, -0.15) is 0 Å². The molecule has 0 aliphatic heterocycles. The first-order chi connectivity index (χ1) is 9.58. The van der Waals surface area contributed by atoms with Crippen molar-refractivity contribution < 1.29 is 4.92 Å². The molecule has 0 saturated heterocycles. The fourth-order valence-corrected chi connectivity index (χ4v) is 1.73. The number of aryl methyl sites for hydroxylation is 1. The van der Waals surface area contributed by atoms with Crippen molar-refractivity contribution in [1.82, 2.24) is 9.55 Å². The lowest BCUT2D eigenvalue weighted by Gasteiger charge is -2.06. The van der Waals surface area contributed by atoms with Crippen molar-refractivity contribution in [1.29, 1.82) is 0 Å². The van der Waals surface area contributed by atoms with E-state index in [0.29, 0.717) is 18.8 Å². The predicted octanol–water partition coefficient (Wildman–Crippen LogP) is 1.34. The average molecular weight is 274 g/mol. The Hall–Kier alpha value is -2.70. The van der Waals surface area contributed by atoms with Crippen molar-refractivity contribution in [3.05, 3.63) is 62.7 Å². The van der Waals surface area contributed by atoms with Crippen molar-refractivity contribution in [2.24, 2.45) is 7.05 Å². The molecule has 0 atom stereocenters. The highest BCUT2D eigenvalue weighted by Gasteiger charge is 2.04. The quantitative estimate of drug-likeness (QED) is 0.656.